The third-order valence-electron chi connectivity index (χ3n) is 2.35. The Kier molecular flexibility index (Phi) is 7.42. The molecule has 0 aliphatic rings. The summed E-state index contributed by atoms with van der Waals surface area (Å²) in [5.74, 6) is 0.600. The van der Waals surface area contributed by atoms with Crippen molar-refractivity contribution in [1.29, 1.82) is 0 Å². The lowest BCUT2D eigenvalue weighted by molar-refractivity contribution is -0.120. The summed E-state index contributed by atoms with van der Waals surface area (Å²) in [6.07, 6.45) is 0.571. The fourth-order valence-electron chi connectivity index (χ4n) is 1.28. The molecule has 0 bridgehead atoms. The molecule has 1 atom stereocenters. The van der Waals surface area contributed by atoms with Crippen molar-refractivity contribution >= 4 is 5.91 Å². The van der Waals surface area contributed by atoms with E-state index in [0.29, 0.717) is 18.9 Å². The molecule has 3 N–H and O–H groups in total. The lowest BCUT2D eigenvalue weighted by atomic mass is 10.1. The number of amides is 1. The number of rotatable bonds is 7. The SMILES string of the molecule is CCN(CCC(=O)NC)CC(C)CN. The summed E-state index contributed by atoms with van der Waals surface area (Å²) in [6, 6.07) is 0. The molecule has 0 heterocycles. The van der Waals surface area contributed by atoms with Gasteiger partial charge in [-0.3, -0.25) is 4.79 Å². The zero-order valence-electron chi connectivity index (χ0n) is 9.55. The molecule has 0 fully saturated rings. The molecule has 0 aromatic rings. The first-order valence-corrected chi connectivity index (χ1v) is 5.27. The normalized spacial score (nSPS) is 12.9. The Hall–Kier alpha value is -0.610. The van der Waals surface area contributed by atoms with Crippen molar-refractivity contribution in [3.05, 3.63) is 0 Å². The fraction of sp³-hybridized carbons (Fsp3) is 0.900. The van der Waals surface area contributed by atoms with Crippen LogP contribution in [-0.2, 0) is 4.79 Å². The third kappa shape index (κ3) is 5.94. The Labute approximate surface area is 86.8 Å². The van der Waals surface area contributed by atoms with Crippen LogP contribution in [0.1, 0.15) is 20.3 Å². The van der Waals surface area contributed by atoms with Crippen molar-refractivity contribution in [1.82, 2.24) is 10.2 Å². The lowest BCUT2D eigenvalue weighted by Gasteiger charge is -2.23. The average Bonchev–Trinajstić information content (AvgIpc) is 2.22. The Balaban J connectivity index is 3.73. The van der Waals surface area contributed by atoms with E-state index in [1.54, 1.807) is 7.05 Å². The van der Waals surface area contributed by atoms with Crippen LogP contribution in [0.3, 0.4) is 0 Å². The molecule has 14 heavy (non-hydrogen) atoms. The Bertz CT molecular complexity index is 161. The van der Waals surface area contributed by atoms with Crippen LogP contribution in [0.5, 0.6) is 0 Å². The maximum Gasteiger partial charge on any atom is 0.221 e. The quantitative estimate of drug-likeness (QED) is 0.611. The van der Waals surface area contributed by atoms with Crippen LogP contribution < -0.4 is 11.1 Å². The third-order valence-corrected chi connectivity index (χ3v) is 2.35. The minimum Gasteiger partial charge on any atom is -0.359 e. The van der Waals surface area contributed by atoms with Gasteiger partial charge in [0.05, 0.1) is 0 Å². The highest BCUT2D eigenvalue weighted by atomic mass is 16.1. The largest absolute Gasteiger partial charge is 0.359 e. The summed E-state index contributed by atoms with van der Waals surface area (Å²) < 4.78 is 0. The molecule has 0 spiro atoms. The molecule has 0 aromatic heterocycles. The van der Waals surface area contributed by atoms with E-state index in [-0.39, 0.29) is 5.91 Å². The standard InChI is InChI=1S/C10H23N3O/c1-4-13(8-9(2)7-11)6-5-10(14)12-3/h9H,4-8,11H2,1-3H3,(H,12,14). The molecule has 0 aliphatic heterocycles. The number of carbonyl (C=O) groups excluding carboxylic acids is 1. The van der Waals surface area contributed by atoms with Gasteiger partial charge < -0.3 is 16.0 Å². The number of nitrogens with two attached hydrogens (primary N) is 1. The molecule has 0 aromatic carbocycles. The predicted octanol–water partition coefficient (Wildman–Crippen LogP) is 0.0392. The number of hydrogen-bond donors (Lipinski definition) is 2. The molecule has 4 nitrogen and oxygen atoms in total. The highest BCUT2D eigenvalue weighted by molar-refractivity contribution is 5.75. The van der Waals surface area contributed by atoms with Crippen molar-refractivity contribution in [2.45, 2.75) is 20.3 Å². The molecular formula is C10H23N3O. The number of carbonyl (C=O) groups is 1. The fourth-order valence-corrected chi connectivity index (χ4v) is 1.28. The maximum absolute atomic E-state index is 11.0. The van der Waals surface area contributed by atoms with Crippen molar-refractivity contribution in [3.63, 3.8) is 0 Å². The summed E-state index contributed by atoms with van der Waals surface area (Å²) in [5.41, 5.74) is 5.55. The average molecular weight is 201 g/mol. The van der Waals surface area contributed by atoms with Gasteiger partial charge in [-0.25, -0.2) is 0 Å². The van der Waals surface area contributed by atoms with Crippen LogP contribution >= 0.6 is 0 Å². The Morgan fingerprint density at radius 2 is 2.21 bits per heavy atom. The highest BCUT2D eigenvalue weighted by Gasteiger charge is 2.08. The second-order valence-electron chi connectivity index (χ2n) is 3.66. The van der Waals surface area contributed by atoms with Gasteiger partial charge in [0.25, 0.3) is 0 Å². The van der Waals surface area contributed by atoms with Gasteiger partial charge in [0.2, 0.25) is 5.91 Å². The topological polar surface area (TPSA) is 58.4 Å². The first-order valence-electron chi connectivity index (χ1n) is 5.27. The second-order valence-corrected chi connectivity index (χ2v) is 3.66. The zero-order valence-corrected chi connectivity index (χ0v) is 9.55. The molecule has 0 radical (unpaired) electrons. The summed E-state index contributed by atoms with van der Waals surface area (Å²) in [5, 5.41) is 2.62. The van der Waals surface area contributed by atoms with E-state index in [0.717, 1.165) is 19.6 Å². The van der Waals surface area contributed by atoms with Crippen LogP contribution in [0.15, 0.2) is 0 Å². The van der Waals surface area contributed by atoms with Crippen molar-refractivity contribution in [3.8, 4) is 0 Å². The maximum atomic E-state index is 11.0. The van der Waals surface area contributed by atoms with Gasteiger partial charge >= 0.3 is 0 Å². The van der Waals surface area contributed by atoms with Gasteiger partial charge in [-0.1, -0.05) is 13.8 Å². The summed E-state index contributed by atoms with van der Waals surface area (Å²) in [7, 11) is 1.67. The zero-order chi connectivity index (χ0) is 11.0. The Morgan fingerprint density at radius 1 is 1.57 bits per heavy atom. The summed E-state index contributed by atoms with van der Waals surface area (Å²) >= 11 is 0. The number of hydrogen-bond acceptors (Lipinski definition) is 3. The predicted molar refractivity (Wildman–Crippen MR) is 59.0 cm³/mol. The summed E-state index contributed by atoms with van der Waals surface area (Å²) in [6.45, 7) is 7.71. The van der Waals surface area contributed by atoms with Gasteiger partial charge in [0.1, 0.15) is 0 Å². The minimum atomic E-state index is 0.101. The second kappa shape index (κ2) is 7.76. The molecule has 0 rings (SSSR count). The van der Waals surface area contributed by atoms with Gasteiger partial charge in [0.15, 0.2) is 0 Å². The van der Waals surface area contributed by atoms with E-state index < -0.39 is 0 Å². The molecular weight excluding hydrogens is 178 g/mol. The van der Waals surface area contributed by atoms with Crippen LogP contribution in [0.2, 0.25) is 0 Å². The molecule has 84 valence electrons. The minimum absolute atomic E-state index is 0.101. The smallest absolute Gasteiger partial charge is 0.221 e. The molecule has 1 unspecified atom stereocenters. The molecule has 0 saturated heterocycles. The van der Waals surface area contributed by atoms with Crippen LogP contribution in [0.4, 0.5) is 0 Å². The van der Waals surface area contributed by atoms with Gasteiger partial charge in [-0.15, -0.1) is 0 Å². The van der Waals surface area contributed by atoms with E-state index in [1.807, 2.05) is 0 Å². The van der Waals surface area contributed by atoms with Crippen molar-refractivity contribution < 1.29 is 4.79 Å². The number of nitrogens with zero attached hydrogens (tertiary/aromatic N) is 1. The van der Waals surface area contributed by atoms with E-state index in [4.69, 9.17) is 5.73 Å². The van der Waals surface area contributed by atoms with Crippen LogP contribution in [0, 0.1) is 5.92 Å². The molecule has 0 saturated carbocycles. The van der Waals surface area contributed by atoms with Crippen LogP contribution in [0.25, 0.3) is 0 Å². The van der Waals surface area contributed by atoms with Gasteiger partial charge in [-0.05, 0) is 19.0 Å². The van der Waals surface area contributed by atoms with Crippen molar-refractivity contribution in [2.75, 3.05) is 33.2 Å². The van der Waals surface area contributed by atoms with E-state index >= 15 is 0 Å². The number of nitrogens with one attached hydrogen (secondary N) is 1. The van der Waals surface area contributed by atoms with E-state index in [2.05, 4.69) is 24.1 Å². The lowest BCUT2D eigenvalue weighted by Crippen LogP contribution is -2.34. The van der Waals surface area contributed by atoms with E-state index in [1.165, 1.54) is 0 Å². The molecule has 4 heteroatoms. The van der Waals surface area contributed by atoms with Crippen LogP contribution in [-0.4, -0.2) is 44.0 Å². The summed E-state index contributed by atoms with van der Waals surface area (Å²) in [4.78, 5) is 13.3. The van der Waals surface area contributed by atoms with E-state index in [9.17, 15) is 4.79 Å². The first-order chi connectivity index (χ1) is 6.63. The van der Waals surface area contributed by atoms with Gasteiger partial charge in [0, 0.05) is 26.6 Å². The van der Waals surface area contributed by atoms with Gasteiger partial charge in [-0.2, -0.15) is 0 Å². The highest BCUT2D eigenvalue weighted by Crippen LogP contribution is 1.99. The van der Waals surface area contributed by atoms with Crippen molar-refractivity contribution in [2.24, 2.45) is 11.7 Å². The monoisotopic (exact) mass is 201 g/mol. The molecule has 1 amide bonds. The Morgan fingerprint density at radius 3 is 2.64 bits per heavy atom. The molecule has 0 aliphatic carbocycles. The first kappa shape index (κ1) is 13.4.